The highest BCUT2D eigenvalue weighted by atomic mass is 79.9. The summed E-state index contributed by atoms with van der Waals surface area (Å²) >= 11 is 3.29. The van der Waals surface area contributed by atoms with Gasteiger partial charge in [0.15, 0.2) is 0 Å². The zero-order valence-corrected chi connectivity index (χ0v) is 13.5. The SMILES string of the molecule is C[C@H](NC(=O)C(C#N)=Cc1cccnc1Br)c1ccccc1. The number of nitriles is 1. The topological polar surface area (TPSA) is 65.8 Å². The number of hydrogen-bond donors (Lipinski definition) is 1. The third kappa shape index (κ3) is 4.03. The van der Waals surface area contributed by atoms with E-state index in [1.807, 2.05) is 43.3 Å². The van der Waals surface area contributed by atoms with Crippen LogP contribution in [0.3, 0.4) is 0 Å². The van der Waals surface area contributed by atoms with Gasteiger partial charge in [-0.3, -0.25) is 4.79 Å². The normalized spacial score (nSPS) is 12.3. The third-order valence-corrected chi connectivity index (χ3v) is 3.76. The molecule has 2 aromatic rings. The lowest BCUT2D eigenvalue weighted by molar-refractivity contribution is -0.117. The Morgan fingerprint density at radius 1 is 1.32 bits per heavy atom. The molecule has 1 aromatic carbocycles. The number of carbonyl (C=O) groups is 1. The smallest absolute Gasteiger partial charge is 0.262 e. The van der Waals surface area contributed by atoms with Gasteiger partial charge in [-0.15, -0.1) is 0 Å². The first-order valence-electron chi connectivity index (χ1n) is 6.70. The summed E-state index contributed by atoms with van der Waals surface area (Å²) in [6.07, 6.45) is 3.15. The summed E-state index contributed by atoms with van der Waals surface area (Å²) in [5.41, 5.74) is 1.70. The molecule has 0 bridgehead atoms. The van der Waals surface area contributed by atoms with Crippen LogP contribution in [0.25, 0.3) is 6.08 Å². The molecule has 0 fully saturated rings. The second-order valence-corrected chi connectivity index (χ2v) is 5.41. The second kappa shape index (κ2) is 7.53. The Bertz CT molecular complexity index is 735. The molecule has 4 nitrogen and oxygen atoms in total. The number of hydrogen-bond acceptors (Lipinski definition) is 3. The summed E-state index contributed by atoms with van der Waals surface area (Å²) in [6, 6.07) is 14.9. The molecule has 0 aliphatic heterocycles. The van der Waals surface area contributed by atoms with Gasteiger partial charge in [0.25, 0.3) is 5.91 Å². The van der Waals surface area contributed by atoms with Crippen LogP contribution in [-0.2, 0) is 4.79 Å². The summed E-state index contributed by atoms with van der Waals surface area (Å²) in [6.45, 7) is 1.88. The predicted molar refractivity (Wildman–Crippen MR) is 88.5 cm³/mol. The van der Waals surface area contributed by atoms with Crippen molar-refractivity contribution in [1.29, 1.82) is 5.26 Å². The minimum atomic E-state index is -0.408. The van der Waals surface area contributed by atoms with Crippen molar-refractivity contribution >= 4 is 27.9 Å². The minimum Gasteiger partial charge on any atom is -0.345 e. The molecule has 0 unspecified atom stereocenters. The number of amides is 1. The van der Waals surface area contributed by atoms with E-state index in [1.165, 1.54) is 6.08 Å². The first-order chi connectivity index (χ1) is 10.6. The highest BCUT2D eigenvalue weighted by Crippen LogP contribution is 2.17. The van der Waals surface area contributed by atoms with Crippen LogP contribution in [-0.4, -0.2) is 10.9 Å². The maximum Gasteiger partial charge on any atom is 0.262 e. The molecule has 0 saturated heterocycles. The van der Waals surface area contributed by atoms with Gasteiger partial charge < -0.3 is 5.32 Å². The van der Waals surface area contributed by atoms with Crippen LogP contribution >= 0.6 is 15.9 Å². The van der Waals surface area contributed by atoms with Crippen molar-refractivity contribution in [1.82, 2.24) is 10.3 Å². The molecular formula is C17H14BrN3O. The van der Waals surface area contributed by atoms with E-state index in [2.05, 4.69) is 26.2 Å². The molecular weight excluding hydrogens is 342 g/mol. The molecule has 22 heavy (non-hydrogen) atoms. The Kier molecular flexibility index (Phi) is 5.45. The molecule has 1 aromatic heterocycles. The second-order valence-electron chi connectivity index (χ2n) is 4.66. The molecule has 1 amide bonds. The average Bonchev–Trinajstić information content (AvgIpc) is 2.54. The largest absolute Gasteiger partial charge is 0.345 e. The van der Waals surface area contributed by atoms with Crippen molar-refractivity contribution in [2.45, 2.75) is 13.0 Å². The predicted octanol–water partition coefficient (Wildman–Crippen LogP) is 3.63. The van der Waals surface area contributed by atoms with Gasteiger partial charge >= 0.3 is 0 Å². The molecule has 5 heteroatoms. The highest BCUT2D eigenvalue weighted by Gasteiger charge is 2.14. The molecule has 1 N–H and O–H groups in total. The van der Waals surface area contributed by atoms with Gasteiger partial charge in [-0.1, -0.05) is 36.4 Å². The highest BCUT2D eigenvalue weighted by molar-refractivity contribution is 9.10. The maximum absolute atomic E-state index is 12.2. The van der Waals surface area contributed by atoms with Crippen LogP contribution in [0.4, 0.5) is 0 Å². The fraction of sp³-hybridized carbons (Fsp3) is 0.118. The van der Waals surface area contributed by atoms with E-state index in [0.717, 1.165) is 5.56 Å². The number of aromatic nitrogens is 1. The van der Waals surface area contributed by atoms with Crippen LogP contribution in [0.5, 0.6) is 0 Å². The number of benzene rings is 1. The fourth-order valence-electron chi connectivity index (χ4n) is 1.91. The van der Waals surface area contributed by atoms with Gasteiger partial charge in [0.05, 0.1) is 6.04 Å². The van der Waals surface area contributed by atoms with E-state index in [4.69, 9.17) is 0 Å². The minimum absolute atomic E-state index is 0.0384. The van der Waals surface area contributed by atoms with E-state index in [0.29, 0.717) is 10.2 Å². The maximum atomic E-state index is 12.2. The lowest BCUT2D eigenvalue weighted by Crippen LogP contribution is -2.27. The summed E-state index contributed by atoms with van der Waals surface area (Å²) in [4.78, 5) is 16.3. The number of rotatable bonds is 4. The third-order valence-electron chi connectivity index (χ3n) is 3.10. The number of nitrogens with zero attached hydrogens (tertiary/aromatic N) is 2. The number of pyridine rings is 1. The zero-order chi connectivity index (χ0) is 15.9. The zero-order valence-electron chi connectivity index (χ0n) is 12.0. The van der Waals surface area contributed by atoms with E-state index >= 15 is 0 Å². The Balaban J connectivity index is 2.17. The van der Waals surface area contributed by atoms with E-state index in [9.17, 15) is 10.1 Å². The van der Waals surface area contributed by atoms with E-state index in [1.54, 1.807) is 18.3 Å². The van der Waals surface area contributed by atoms with Crippen LogP contribution in [0, 0.1) is 11.3 Å². The lowest BCUT2D eigenvalue weighted by Gasteiger charge is -2.13. The van der Waals surface area contributed by atoms with Crippen molar-refractivity contribution in [2.24, 2.45) is 0 Å². The van der Waals surface area contributed by atoms with E-state index in [-0.39, 0.29) is 11.6 Å². The molecule has 2 rings (SSSR count). The lowest BCUT2D eigenvalue weighted by atomic mass is 10.1. The van der Waals surface area contributed by atoms with Crippen LogP contribution < -0.4 is 5.32 Å². The molecule has 0 radical (unpaired) electrons. The van der Waals surface area contributed by atoms with Gasteiger partial charge in [0.2, 0.25) is 0 Å². The Morgan fingerprint density at radius 2 is 2.05 bits per heavy atom. The number of halogens is 1. The van der Waals surface area contributed by atoms with Crippen molar-refractivity contribution in [3.8, 4) is 6.07 Å². The van der Waals surface area contributed by atoms with E-state index < -0.39 is 5.91 Å². The Hall–Kier alpha value is -2.45. The first-order valence-corrected chi connectivity index (χ1v) is 7.49. The van der Waals surface area contributed by atoms with Gasteiger partial charge in [0, 0.05) is 11.8 Å². The fourth-order valence-corrected chi connectivity index (χ4v) is 2.27. The molecule has 1 atom stereocenters. The van der Waals surface area contributed by atoms with Crippen LogP contribution in [0.1, 0.15) is 24.1 Å². The van der Waals surface area contributed by atoms with Crippen molar-refractivity contribution in [3.63, 3.8) is 0 Å². The van der Waals surface area contributed by atoms with Crippen LogP contribution in [0.2, 0.25) is 0 Å². The van der Waals surface area contributed by atoms with Crippen molar-refractivity contribution in [2.75, 3.05) is 0 Å². The first kappa shape index (κ1) is 15.9. The quantitative estimate of drug-likeness (QED) is 0.517. The van der Waals surface area contributed by atoms with Gasteiger partial charge in [-0.05, 0) is 40.6 Å². The Morgan fingerprint density at radius 3 is 2.68 bits per heavy atom. The summed E-state index contributed by atoms with van der Waals surface area (Å²) in [5.74, 6) is -0.408. The van der Waals surface area contributed by atoms with Crippen molar-refractivity contribution < 1.29 is 4.79 Å². The average molecular weight is 356 g/mol. The number of nitrogens with one attached hydrogen (secondary N) is 1. The summed E-state index contributed by atoms with van der Waals surface area (Å²) in [7, 11) is 0. The standard InChI is InChI=1S/C17H14BrN3O/c1-12(13-6-3-2-4-7-13)21-17(22)15(11-19)10-14-8-5-9-20-16(14)18/h2-10,12H,1H3,(H,21,22)/t12-/m0/s1. The summed E-state index contributed by atoms with van der Waals surface area (Å²) in [5, 5.41) is 12.0. The van der Waals surface area contributed by atoms with Gasteiger partial charge in [-0.2, -0.15) is 5.26 Å². The molecule has 1 heterocycles. The van der Waals surface area contributed by atoms with Gasteiger partial charge in [0.1, 0.15) is 16.2 Å². The molecule has 0 aliphatic rings. The van der Waals surface area contributed by atoms with Crippen LogP contribution in [0.15, 0.2) is 58.8 Å². The van der Waals surface area contributed by atoms with Gasteiger partial charge in [-0.25, -0.2) is 4.98 Å². The molecule has 0 spiro atoms. The number of carbonyl (C=O) groups excluding carboxylic acids is 1. The molecule has 0 saturated carbocycles. The molecule has 110 valence electrons. The Labute approximate surface area is 137 Å². The molecule has 0 aliphatic carbocycles. The monoisotopic (exact) mass is 355 g/mol. The van der Waals surface area contributed by atoms with Crippen molar-refractivity contribution in [3.05, 3.63) is 70.0 Å². The summed E-state index contributed by atoms with van der Waals surface area (Å²) < 4.78 is 0.589.